The van der Waals surface area contributed by atoms with Gasteiger partial charge in [0, 0.05) is 25.0 Å². The molecule has 1 atom stereocenters. The van der Waals surface area contributed by atoms with Gasteiger partial charge >= 0.3 is 6.09 Å². The van der Waals surface area contributed by atoms with Gasteiger partial charge < -0.3 is 14.8 Å². The van der Waals surface area contributed by atoms with E-state index in [1.54, 1.807) is 0 Å². The van der Waals surface area contributed by atoms with Crippen molar-refractivity contribution in [1.29, 1.82) is 0 Å². The number of carbonyl (C=O) groups is 2. The van der Waals surface area contributed by atoms with Crippen LogP contribution in [-0.2, 0) is 14.3 Å². The molecule has 0 bridgehead atoms. The number of hydrogen-bond acceptors (Lipinski definition) is 4. The van der Waals surface area contributed by atoms with Gasteiger partial charge in [-0.25, -0.2) is 4.79 Å². The van der Waals surface area contributed by atoms with Gasteiger partial charge in [-0.15, -0.1) is 0 Å². The van der Waals surface area contributed by atoms with Crippen LogP contribution in [0.2, 0.25) is 0 Å². The smallest absolute Gasteiger partial charge is 0.407 e. The zero-order chi connectivity index (χ0) is 17.3. The quantitative estimate of drug-likeness (QED) is 0.704. The lowest BCUT2D eigenvalue weighted by Crippen LogP contribution is -2.40. The number of carbonyl (C=O) groups excluding carboxylic acids is 2. The molecule has 0 saturated heterocycles. The van der Waals surface area contributed by atoms with Gasteiger partial charge in [0.05, 0.1) is 6.10 Å². The first kappa shape index (κ1) is 20.9. The second-order valence-corrected chi connectivity index (χ2v) is 7.21. The zero-order valence-electron chi connectivity index (χ0n) is 15.2. The lowest BCUT2D eigenvalue weighted by atomic mass is 10.00. The maximum absolute atomic E-state index is 11.9. The molecule has 0 saturated carbocycles. The van der Waals surface area contributed by atoms with Gasteiger partial charge in [-0.2, -0.15) is 0 Å². The fourth-order valence-electron chi connectivity index (χ4n) is 1.81. The molecule has 5 heteroatoms. The van der Waals surface area contributed by atoms with Gasteiger partial charge in [-0.3, -0.25) is 4.79 Å². The fourth-order valence-corrected chi connectivity index (χ4v) is 1.81. The highest BCUT2D eigenvalue weighted by molar-refractivity contribution is 5.80. The molecule has 0 heterocycles. The number of rotatable bonds is 9. The van der Waals surface area contributed by atoms with Crippen LogP contribution in [0.4, 0.5) is 4.79 Å². The molecular weight excluding hydrogens is 282 g/mol. The average Bonchev–Trinajstić information content (AvgIpc) is 2.32. The Kier molecular flexibility index (Phi) is 9.33. The SMILES string of the molecule is CC(C)OCCC(CCC(=O)C(C)C)NC(=O)OC(C)(C)C. The summed E-state index contributed by atoms with van der Waals surface area (Å²) in [6.07, 6.45) is 1.44. The molecule has 1 N–H and O–H groups in total. The van der Waals surface area contributed by atoms with Crippen molar-refractivity contribution in [2.45, 2.75) is 85.5 Å². The van der Waals surface area contributed by atoms with Crippen molar-refractivity contribution in [3.63, 3.8) is 0 Å². The molecule has 1 amide bonds. The van der Waals surface area contributed by atoms with E-state index in [9.17, 15) is 9.59 Å². The molecule has 0 fully saturated rings. The van der Waals surface area contributed by atoms with Crippen molar-refractivity contribution in [2.24, 2.45) is 5.92 Å². The van der Waals surface area contributed by atoms with Crippen LogP contribution in [0.5, 0.6) is 0 Å². The third-order valence-electron chi connectivity index (χ3n) is 3.02. The predicted molar refractivity (Wildman–Crippen MR) is 87.9 cm³/mol. The molecule has 0 radical (unpaired) electrons. The van der Waals surface area contributed by atoms with Gasteiger partial charge in [-0.05, 0) is 47.5 Å². The van der Waals surface area contributed by atoms with E-state index in [-0.39, 0.29) is 23.8 Å². The molecule has 5 nitrogen and oxygen atoms in total. The van der Waals surface area contributed by atoms with Crippen LogP contribution in [0.25, 0.3) is 0 Å². The number of amides is 1. The van der Waals surface area contributed by atoms with Crippen LogP contribution in [0.1, 0.15) is 67.7 Å². The zero-order valence-corrected chi connectivity index (χ0v) is 15.2. The number of Topliss-reactive ketones (excluding diaryl/α,β-unsaturated/α-hetero) is 1. The maximum atomic E-state index is 11.9. The molecular formula is C17H33NO4. The van der Waals surface area contributed by atoms with Crippen LogP contribution in [0.15, 0.2) is 0 Å². The summed E-state index contributed by atoms with van der Waals surface area (Å²) in [6, 6.07) is -0.115. The van der Waals surface area contributed by atoms with Crippen molar-refractivity contribution >= 4 is 11.9 Å². The molecule has 0 aromatic rings. The highest BCUT2D eigenvalue weighted by atomic mass is 16.6. The minimum atomic E-state index is -0.531. The molecule has 0 aliphatic carbocycles. The highest BCUT2D eigenvalue weighted by Crippen LogP contribution is 2.11. The van der Waals surface area contributed by atoms with E-state index < -0.39 is 11.7 Å². The van der Waals surface area contributed by atoms with Crippen LogP contribution in [0.3, 0.4) is 0 Å². The van der Waals surface area contributed by atoms with E-state index in [4.69, 9.17) is 9.47 Å². The van der Waals surface area contributed by atoms with E-state index in [0.29, 0.717) is 25.9 Å². The lowest BCUT2D eigenvalue weighted by Gasteiger charge is -2.24. The Morgan fingerprint density at radius 3 is 2.09 bits per heavy atom. The Bertz CT molecular complexity index is 345. The Morgan fingerprint density at radius 2 is 1.64 bits per heavy atom. The molecule has 130 valence electrons. The van der Waals surface area contributed by atoms with Gasteiger partial charge in [0.15, 0.2) is 0 Å². The number of ketones is 1. The summed E-state index contributed by atoms with van der Waals surface area (Å²) in [7, 11) is 0. The normalized spacial score (nSPS) is 13.3. The molecule has 0 aliphatic heterocycles. The van der Waals surface area contributed by atoms with Crippen molar-refractivity contribution in [1.82, 2.24) is 5.32 Å². The third kappa shape index (κ3) is 11.5. The van der Waals surface area contributed by atoms with Gasteiger partial charge in [0.1, 0.15) is 11.4 Å². The summed E-state index contributed by atoms with van der Waals surface area (Å²) < 4.78 is 10.8. The molecule has 0 aromatic carbocycles. The number of nitrogens with one attached hydrogen (secondary N) is 1. The topological polar surface area (TPSA) is 64.6 Å². The standard InChI is InChI=1S/C17H33NO4/c1-12(2)15(19)9-8-14(10-11-21-13(3)4)18-16(20)22-17(5,6)7/h12-14H,8-11H2,1-7H3,(H,18,20). The monoisotopic (exact) mass is 315 g/mol. The van der Waals surface area contributed by atoms with Gasteiger partial charge in [0.25, 0.3) is 0 Å². The van der Waals surface area contributed by atoms with Crippen LogP contribution >= 0.6 is 0 Å². The summed E-state index contributed by atoms with van der Waals surface area (Å²) in [5.41, 5.74) is -0.531. The van der Waals surface area contributed by atoms with E-state index in [1.165, 1.54) is 0 Å². The van der Waals surface area contributed by atoms with E-state index in [2.05, 4.69) is 5.32 Å². The first-order chi connectivity index (χ1) is 10.0. The minimum absolute atomic E-state index is 0.0223. The first-order valence-corrected chi connectivity index (χ1v) is 8.15. The Balaban J connectivity index is 4.44. The van der Waals surface area contributed by atoms with Crippen LogP contribution in [-0.4, -0.2) is 36.2 Å². The number of ether oxygens (including phenoxy) is 2. The van der Waals surface area contributed by atoms with E-state index in [0.717, 1.165) is 0 Å². The summed E-state index contributed by atoms with van der Waals surface area (Å²) in [6.45, 7) is 13.7. The fraction of sp³-hybridized carbons (Fsp3) is 0.882. The van der Waals surface area contributed by atoms with Crippen molar-refractivity contribution in [2.75, 3.05) is 6.61 Å². The second kappa shape index (κ2) is 9.82. The molecule has 1 unspecified atom stereocenters. The number of hydrogen-bond donors (Lipinski definition) is 1. The van der Waals surface area contributed by atoms with Gasteiger partial charge in [0.2, 0.25) is 0 Å². The highest BCUT2D eigenvalue weighted by Gasteiger charge is 2.20. The summed E-state index contributed by atoms with van der Waals surface area (Å²) >= 11 is 0. The second-order valence-electron chi connectivity index (χ2n) is 7.21. The average molecular weight is 315 g/mol. The lowest BCUT2D eigenvalue weighted by molar-refractivity contribution is -0.122. The van der Waals surface area contributed by atoms with Crippen LogP contribution < -0.4 is 5.32 Å². The molecule has 0 spiro atoms. The Labute approximate surface area is 135 Å². The number of alkyl carbamates (subject to hydrolysis) is 1. The van der Waals surface area contributed by atoms with Crippen molar-refractivity contribution in [3.8, 4) is 0 Å². The first-order valence-electron chi connectivity index (χ1n) is 8.15. The van der Waals surface area contributed by atoms with E-state index in [1.807, 2.05) is 48.5 Å². The van der Waals surface area contributed by atoms with Crippen molar-refractivity contribution < 1.29 is 19.1 Å². The maximum Gasteiger partial charge on any atom is 0.407 e. The molecule has 0 rings (SSSR count). The summed E-state index contributed by atoms with van der Waals surface area (Å²) in [4.78, 5) is 23.7. The Morgan fingerprint density at radius 1 is 1.05 bits per heavy atom. The Hall–Kier alpha value is -1.10. The predicted octanol–water partition coefficient (Wildman–Crippen LogP) is 3.70. The molecule has 22 heavy (non-hydrogen) atoms. The van der Waals surface area contributed by atoms with Crippen LogP contribution in [0, 0.1) is 5.92 Å². The summed E-state index contributed by atoms with van der Waals surface area (Å²) in [5.74, 6) is 0.231. The largest absolute Gasteiger partial charge is 0.444 e. The summed E-state index contributed by atoms with van der Waals surface area (Å²) in [5, 5.41) is 2.85. The third-order valence-corrected chi connectivity index (χ3v) is 3.02. The van der Waals surface area contributed by atoms with E-state index >= 15 is 0 Å². The molecule has 0 aliphatic rings. The minimum Gasteiger partial charge on any atom is -0.444 e. The van der Waals surface area contributed by atoms with Crippen molar-refractivity contribution in [3.05, 3.63) is 0 Å². The van der Waals surface area contributed by atoms with Gasteiger partial charge in [-0.1, -0.05) is 13.8 Å². The molecule has 0 aromatic heterocycles.